The van der Waals surface area contributed by atoms with Crippen LogP contribution in [0.5, 0.6) is 11.6 Å². The standard InChI is InChI=1S/C11H11N3O/c1-8-4-5-10(9(12)7-8)15-11-3-2-6-13-14-11/h2-7H,12H2,1H3. The molecule has 0 atom stereocenters. The van der Waals surface area contributed by atoms with Gasteiger partial charge in [0.25, 0.3) is 0 Å². The Hall–Kier alpha value is -2.10. The molecule has 0 unspecified atom stereocenters. The fraction of sp³-hybridized carbons (Fsp3) is 0.0909. The van der Waals surface area contributed by atoms with Gasteiger partial charge in [-0.15, -0.1) is 5.10 Å². The van der Waals surface area contributed by atoms with Crippen molar-refractivity contribution in [2.75, 3.05) is 5.73 Å². The first-order valence-electron chi connectivity index (χ1n) is 4.57. The molecule has 1 heterocycles. The minimum atomic E-state index is 0.438. The van der Waals surface area contributed by atoms with Gasteiger partial charge < -0.3 is 10.5 Å². The maximum atomic E-state index is 5.80. The smallest absolute Gasteiger partial charge is 0.238 e. The van der Waals surface area contributed by atoms with E-state index in [1.807, 2.05) is 25.1 Å². The number of anilines is 1. The highest BCUT2D eigenvalue weighted by Gasteiger charge is 2.02. The Balaban J connectivity index is 2.25. The van der Waals surface area contributed by atoms with Crippen LogP contribution in [0, 0.1) is 6.92 Å². The molecule has 1 aromatic carbocycles. The lowest BCUT2D eigenvalue weighted by Gasteiger charge is -2.06. The Morgan fingerprint density at radius 1 is 1.27 bits per heavy atom. The number of ether oxygens (including phenoxy) is 1. The Morgan fingerprint density at radius 3 is 2.80 bits per heavy atom. The summed E-state index contributed by atoms with van der Waals surface area (Å²) in [5.74, 6) is 1.04. The molecular formula is C11H11N3O. The summed E-state index contributed by atoms with van der Waals surface area (Å²) in [6.45, 7) is 1.97. The lowest BCUT2D eigenvalue weighted by Crippen LogP contribution is -1.94. The monoisotopic (exact) mass is 201 g/mol. The predicted molar refractivity (Wildman–Crippen MR) is 57.7 cm³/mol. The van der Waals surface area contributed by atoms with Crippen LogP contribution in [-0.2, 0) is 0 Å². The van der Waals surface area contributed by atoms with E-state index in [4.69, 9.17) is 10.5 Å². The van der Waals surface area contributed by atoms with Gasteiger partial charge in [-0.05, 0) is 30.7 Å². The van der Waals surface area contributed by atoms with Crippen LogP contribution >= 0.6 is 0 Å². The summed E-state index contributed by atoms with van der Waals surface area (Å²) >= 11 is 0. The number of hydrogen-bond acceptors (Lipinski definition) is 4. The van der Waals surface area contributed by atoms with Crippen LogP contribution in [-0.4, -0.2) is 10.2 Å². The van der Waals surface area contributed by atoms with Gasteiger partial charge in [-0.3, -0.25) is 0 Å². The molecule has 4 heteroatoms. The van der Waals surface area contributed by atoms with Crippen molar-refractivity contribution in [1.82, 2.24) is 10.2 Å². The van der Waals surface area contributed by atoms with Crippen molar-refractivity contribution in [2.45, 2.75) is 6.92 Å². The van der Waals surface area contributed by atoms with Gasteiger partial charge in [0.2, 0.25) is 5.88 Å². The first kappa shape index (κ1) is 9.45. The fourth-order valence-electron chi connectivity index (χ4n) is 1.22. The highest BCUT2D eigenvalue weighted by Crippen LogP contribution is 2.26. The molecule has 0 aliphatic rings. The van der Waals surface area contributed by atoms with E-state index in [0.717, 1.165) is 5.56 Å². The van der Waals surface area contributed by atoms with Gasteiger partial charge in [0.15, 0.2) is 5.75 Å². The normalized spacial score (nSPS) is 9.93. The predicted octanol–water partition coefficient (Wildman–Crippen LogP) is 2.16. The van der Waals surface area contributed by atoms with Crippen molar-refractivity contribution in [3.8, 4) is 11.6 Å². The zero-order valence-corrected chi connectivity index (χ0v) is 8.34. The van der Waals surface area contributed by atoms with Crippen molar-refractivity contribution in [3.63, 3.8) is 0 Å². The number of aryl methyl sites for hydroxylation is 1. The van der Waals surface area contributed by atoms with Crippen LogP contribution in [0.2, 0.25) is 0 Å². The van der Waals surface area contributed by atoms with E-state index >= 15 is 0 Å². The summed E-state index contributed by atoms with van der Waals surface area (Å²) in [5, 5.41) is 7.52. The van der Waals surface area contributed by atoms with Gasteiger partial charge >= 0.3 is 0 Å². The Bertz CT molecular complexity index is 457. The van der Waals surface area contributed by atoms with E-state index < -0.39 is 0 Å². The van der Waals surface area contributed by atoms with Crippen LogP contribution < -0.4 is 10.5 Å². The minimum Gasteiger partial charge on any atom is -0.435 e. The topological polar surface area (TPSA) is 61.0 Å². The molecule has 0 aliphatic carbocycles. The van der Waals surface area contributed by atoms with Gasteiger partial charge in [0.05, 0.1) is 5.69 Å². The van der Waals surface area contributed by atoms with Gasteiger partial charge in [-0.2, -0.15) is 5.10 Å². The molecule has 0 aliphatic heterocycles. The summed E-state index contributed by atoms with van der Waals surface area (Å²) in [6, 6.07) is 9.09. The van der Waals surface area contributed by atoms with E-state index in [1.165, 1.54) is 0 Å². The van der Waals surface area contributed by atoms with Crippen molar-refractivity contribution in [1.29, 1.82) is 0 Å². The van der Waals surface area contributed by atoms with E-state index in [2.05, 4.69) is 10.2 Å². The molecule has 4 nitrogen and oxygen atoms in total. The third-order valence-corrected chi connectivity index (χ3v) is 1.93. The van der Waals surface area contributed by atoms with Crippen LogP contribution in [0.4, 0.5) is 5.69 Å². The fourth-order valence-corrected chi connectivity index (χ4v) is 1.22. The molecule has 15 heavy (non-hydrogen) atoms. The number of rotatable bonds is 2. The second kappa shape index (κ2) is 3.96. The van der Waals surface area contributed by atoms with Crippen molar-refractivity contribution < 1.29 is 4.74 Å². The second-order valence-corrected chi connectivity index (χ2v) is 3.21. The molecular weight excluding hydrogens is 190 g/mol. The van der Waals surface area contributed by atoms with E-state index in [1.54, 1.807) is 18.3 Å². The molecule has 0 spiro atoms. The molecule has 0 fully saturated rings. The summed E-state index contributed by atoms with van der Waals surface area (Å²) in [7, 11) is 0. The second-order valence-electron chi connectivity index (χ2n) is 3.21. The molecule has 0 saturated heterocycles. The van der Waals surface area contributed by atoms with Crippen LogP contribution in [0.1, 0.15) is 5.56 Å². The average molecular weight is 201 g/mol. The molecule has 0 bridgehead atoms. The van der Waals surface area contributed by atoms with Crippen LogP contribution in [0.15, 0.2) is 36.5 Å². The number of nitrogen functional groups attached to an aromatic ring is 1. The minimum absolute atomic E-state index is 0.438. The number of nitrogens with zero attached hydrogens (tertiary/aromatic N) is 2. The first-order valence-corrected chi connectivity index (χ1v) is 4.57. The quantitative estimate of drug-likeness (QED) is 0.756. The third-order valence-electron chi connectivity index (χ3n) is 1.93. The Morgan fingerprint density at radius 2 is 2.13 bits per heavy atom. The number of aromatic nitrogens is 2. The molecule has 76 valence electrons. The summed E-state index contributed by atoms with van der Waals surface area (Å²) in [6.07, 6.45) is 1.59. The Labute approximate surface area is 87.7 Å². The SMILES string of the molecule is Cc1ccc(Oc2cccnn2)c(N)c1. The summed E-state index contributed by atoms with van der Waals surface area (Å²) in [5.41, 5.74) is 7.49. The molecule has 2 aromatic rings. The van der Waals surface area contributed by atoms with Gasteiger partial charge in [-0.25, -0.2) is 0 Å². The summed E-state index contributed by atoms with van der Waals surface area (Å²) in [4.78, 5) is 0. The molecule has 0 amide bonds. The van der Waals surface area contributed by atoms with Gasteiger partial charge in [-0.1, -0.05) is 6.07 Å². The zero-order valence-electron chi connectivity index (χ0n) is 8.34. The molecule has 0 radical (unpaired) electrons. The number of benzene rings is 1. The summed E-state index contributed by atoms with van der Waals surface area (Å²) < 4.78 is 5.47. The maximum absolute atomic E-state index is 5.80. The maximum Gasteiger partial charge on any atom is 0.238 e. The highest BCUT2D eigenvalue weighted by molar-refractivity contribution is 5.55. The third kappa shape index (κ3) is 2.22. The van der Waals surface area contributed by atoms with Crippen molar-refractivity contribution >= 4 is 5.69 Å². The van der Waals surface area contributed by atoms with Crippen molar-refractivity contribution in [3.05, 3.63) is 42.1 Å². The molecule has 1 aromatic heterocycles. The average Bonchev–Trinajstić information content (AvgIpc) is 2.24. The molecule has 0 saturated carbocycles. The number of hydrogen-bond donors (Lipinski definition) is 1. The van der Waals surface area contributed by atoms with E-state index in [-0.39, 0.29) is 0 Å². The van der Waals surface area contributed by atoms with Gasteiger partial charge in [0, 0.05) is 12.3 Å². The highest BCUT2D eigenvalue weighted by atomic mass is 16.5. The largest absolute Gasteiger partial charge is 0.435 e. The van der Waals surface area contributed by atoms with Crippen LogP contribution in [0.25, 0.3) is 0 Å². The lowest BCUT2D eigenvalue weighted by molar-refractivity contribution is 0.457. The molecule has 2 N–H and O–H groups in total. The lowest BCUT2D eigenvalue weighted by atomic mass is 10.2. The van der Waals surface area contributed by atoms with Crippen LogP contribution in [0.3, 0.4) is 0 Å². The number of nitrogens with two attached hydrogens (primary N) is 1. The first-order chi connectivity index (χ1) is 7.25. The molecule has 2 rings (SSSR count). The van der Waals surface area contributed by atoms with Gasteiger partial charge in [0.1, 0.15) is 0 Å². The van der Waals surface area contributed by atoms with E-state index in [0.29, 0.717) is 17.3 Å². The van der Waals surface area contributed by atoms with Crippen molar-refractivity contribution in [2.24, 2.45) is 0 Å². The zero-order chi connectivity index (χ0) is 10.7. The van der Waals surface area contributed by atoms with E-state index in [9.17, 15) is 0 Å². The Kier molecular flexibility index (Phi) is 2.49.